The monoisotopic (exact) mass is 376 g/mol. The average molecular weight is 376 g/mol. The summed E-state index contributed by atoms with van der Waals surface area (Å²) in [5.74, 6) is -0.901. The van der Waals surface area contributed by atoms with Crippen molar-refractivity contribution in [1.82, 2.24) is 0 Å². The highest BCUT2D eigenvalue weighted by atomic mass is 16.5. The van der Waals surface area contributed by atoms with E-state index in [1.165, 1.54) is 6.07 Å². The van der Waals surface area contributed by atoms with Crippen LogP contribution in [0, 0.1) is 0 Å². The zero-order chi connectivity index (χ0) is 19.8. The van der Waals surface area contributed by atoms with Gasteiger partial charge in [-0.25, -0.2) is 0 Å². The number of carboxylic acids is 1. The fourth-order valence-corrected chi connectivity index (χ4v) is 2.65. The van der Waals surface area contributed by atoms with Crippen molar-refractivity contribution >= 4 is 11.8 Å². The lowest BCUT2D eigenvalue weighted by atomic mass is 10.1. The van der Waals surface area contributed by atoms with Crippen molar-refractivity contribution < 1.29 is 24.2 Å². The number of Topliss-reactive ketones (excluding diaryl/α,β-unsaturated/α-hetero) is 1. The van der Waals surface area contributed by atoms with E-state index in [0.29, 0.717) is 18.1 Å². The predicted octanol–water partition coefficient (Wildman–Crippen LogP) is 4.50. The Balaban J connectivity index is 1.77. The second-order valence-electron chi connectivity index (χ2n) is 6.20. The SMILES string of the molecule is O=C(O)CC(=O)c1cc(OCc2ccccc2)ccc1OCc1ccccc1. The Labute approximate surface area is 163 Å². The molecule has 0 aliphatic heterocycles. The summed E-state index contributed by atoms with van der Waals surface area (Å²) in [5, 5.41) is 8.97. The van der Waals surface area contributed by atoms with E-state index in [4.69, 9.17) is 14.6 Å². The van der Waals surface area contributed by atoms with Crippen molar-refractivity contribution in [2.75, 3.05) is 0 Å². The van der Waals surface area contributed by atoms with Gasteiger partial charge in [0.2, 0.25) is 0 Å². The van der Waals surface area contributed by atoms with Crippen LogP contribution in [0.3, 0.4) is 0 Å². The summed E-state index contributed by atoms with van der Waals surface area (Å²) in [5.41, 5.74) is 2.14. The summed E-state index contributed by atoms with van der Waals surface area (Å²) in [6.07, 6.45) is -0.607. The Hall–Kier alpha value is -3.60. The van der Waals surface area contributed by atoms with Gasteiger partial charge in [-0.05, 0) is 29.3 Å². The third-order valence-corrected chi connectivity index (χ3v) is 4.05. The van der Waals surface area contributed by atoms with Crippen LogP contribution >= 0.6 is 0 Å². The Morgan fingerprint density at radius 1 is 0.750 bits per heavy atom. The predicted molar refractivity (Wildman–Crippen MR) is 105 cm³/mol. The summed E-state index contributed by atoms with van der Waals surface area (Å²) in [6.45, 7) is 0.621. The second kappa shape index (κ2) is 9.37. The Morgan fingerprint density at radius 2 is 1.32 bits per heavy atom. The molecule has 0 atom stereocenters. The van der Waals surface area contributed by atoms with Crippen molar-refractivity contribution in [1.29, 1.82) is 0 Å². The zero-order valence-electron chi connectivity index (χ0n) is 15.2. The van der Waals surface area contributed by atoms with Gasteiger partial charge in [-0.2, -0.15) is 0 Å². The highest BCUT2D eigenvalue weighted by molar-refractivity contribution is 6.07. The standard InChI is InChI=1S/C23H20O5/c24-21(14-23(25)26)20-13-19(27-15-17-7-3-1-4-8-17)11-12-22(20)28-16-18-9-5-2-6-10-18/h1-13H,14-16H2,(H,25,26). The first-order valence-electron chi connectivity index (χ1n) is 8.84. The molecular formula is C23H20O5. The van der Waals surface area contributed by atoms with Crippen LogP contribution in [-0.4, -0.2) is 16.9 Å². The van der Waals surface area contributed by atoms with Gasteiger partial charge in [0, 0.05) is 0 Å². The maximum Gasteiger partial charge on any atom is 0.311 e. The van der Waals surface area contributed by atoms with Crippen LogP contribution in [0.2, 0.25) is 0 Å². The van der Waals surface area contributed by atoms with Gasteiger partial charge >= 0.3 is 5.97 Å². The number of carbonyl (C=O) groups is 2. The van der Waals surface area contributed by atoms with Crippen molar-refractivity contribution in [3.63, 3.8) is 0 Å². The van der Waals surface area contributed by atoms with Gasteiger partial charge in [0.25, 0.3) is 0 Å². The maximum atomic E-state index is 12.4. The third-order valence-electron chi connectivity index (χ3n) is 4.05. The van der Waals surface area contributed by atoms with Crippen LogP contribution in [0.15, 0.2) is 78.9 Å². The van der Waals surface area contributed by atoms with Crippen LogP contribution in [0.5, 0.6) is 11.5 Å². The third kappa shape index (κ3) is 5.45. The Kier molecular flexibility index (Phi) is 6.41. The molecule has 3 aromatic carbocycles. The van der Waals surface area contributed by atoms with E-state index in [2.05, 4.69) is 0 Å². The highest BCUT2D eigenvalue weighted by Crippen LogP contribution is 2.27. The number of carboxylic acid groups (broad SMARTS) is 1. The molecule has 0 heterocycles. The van der Waals surface area contributed by atoms with E-state index < -0.39 is 18.2 Å². The fourth-order valence-electron chi connectivity index (χ4n) is 2.65. The van der Waals surface area contributed by atoms with E-state index >= 15 is 0 Å². The number of rotatable bonds is 9. The van der Waals surface area contributed by atoms with Gasteiger partial charge in [-0.1, -0.05) is 60.7 Å². The summed E-state index contributed by atoms with van der Waals surface area (Å²) >= 11 is 0. The first-order valence-corrected chi connectivity index (χ1v) is 8.84. The van der Waals surface area contributed by atoms with Crippen molar-refractivity contribution in [2.24, 2.45) is 0 Å². The molecule has 5 nitrogen and oxygen atoms in total. The molecule has 0 bridgehead atoms. The summed E-state index contributed by atoms with van der Waals surface area (Å²) in [4.78, 5) is 23.4. The van der Waals surface area contributed by atoms with Crippen LogP contribution in [0.25, 0.3) is 0 Å². The van der Waals surface area contributed by atoms with Crippen molar-refractivity contribution in [2.45, 2.75) is 19.6 Å². The van der Waals surface area contributed by atoms with Gasteiger partial charge in [-0.15, -0.1) is 0 Å². The smallest absolute Gasteiger partial charge is 0.311 e. The fraction of sp³-hybridized carbons (Fsp3) is 0.130. The molecule has 0 fully saturated rings. The van der Waals surface area contributed by atoms with Gasteiger partial charge in [0.05, 0.1) is 5.56 Å². The number of ether oxygens (including phenoxy) is 2. The van der Waals surface area contributed by atoms with Crippen molar-refractivity contribution in [3.05, 3.63) is 95.6 Å². The molecule has 0 unspecified atom stereocenters. The molecule has 0 saturated carbocycles. The normalized spacial score (nSPS) is 10.3. The minimum Gasteiger partial charge on any atom is -0.489 e. The molecular weight excluding hydrogens is 356 g/mol. The number of carbonyl (C=O) groups excluding carboxylic acids is 1. The molecule has 0 aliphatic carbocycles. The van der Waals surface area contributed by atoms with Gasteiger partial charge in [-0.3, -0.25) is 9.59 Å². The van der Waals surface area contributed by atoms with E-state index in [0.717, 1.165) is 11.1 Å². The minimum atomic E-state index is -1.19. The lowest BCUT2D eigenvalue weighted by molar-refractivity contribution is -0.135. The first-order chi connectivity index (χ1) is 13.6. The quantitative estimate of drug-likeness (QED) is 0.440. The van der Waals surface area contributed by atoms with E-state index in [1.54, 1.807) is 12.1 Å². The molecule has 0 aliphatic rings. The molecule has 1 N–H and O–H groups in total. The van der Waals surface area contributed by atoms with Crippen molar-refractivity contribution in [3.8, 4) is 11.5 Å². The van der Waals surface area contributed by atoms with E-state index in [-0.39, 0.29) is 12.2 Å². The highest BCUT2D eigenvalue weighted by Gasteiger charge is 2.17. The molecule has 142 valence electrons. The molecule has 3 aromatic rings. The molecule has 0 radical (unpaired) electrons. The number of hydrogen-bond donors (Lipinski definition) is 1. The zero-order valence-corrected chi connectivity index (χ0v) is 15.2. The minimum absolute atomic E-state index is 0.198. The average Bonchev–Trinajstić information content (AvgIpc) is 2.72. The number of benzene rings is 3. The molecule has 0 spiro atoms. The van der Waals surface area contributed by atoms with E-state index in [1.807, 2.05) is 60.7 Å². The molecule has 5 heteroatoms. The molecule has 0 aromatic heterocycles. The molecule has 0 saturated heterocycles. The topological polar surface area (TPSA) is 72.8 Å². The Bertz CT molecular complexity index is 936. The van der Waals surface area contributed by atoms with Crippen LogP contribution in [0.4, 0.5) is 0 Å². The number of ketones is 1. The van der Waals surface area contributed by atoms with Gasteiger partial charge in [0.15, 0.2) is 5.78 Å². The Morgan fingerprint density at radius 3 is 1.89 bits per heavy atom. The molecule has 0 amide bonds. The lowest BCUT2D eigenvalue weighted by Gasteiger charge is -2.13. The first kappa shape index (κ1) is 19.2. The lowest BCUT2D eigenvalue weighted by Crippen LogP contribution is -2.10. The largest absolute Gasteiger partial charge is 0.489 e. The maximum absolute atomic E-state index is 12.4. The van der Waals surface area contributed by atoms with Crippen LogP contribution < -0.4 is 9.47 Å². The van der Waals surface area contributed by atoms with Gasteiger partial charge in [0.1, 0.15) is 31.1 Å². The van der Waals surface area contributed by atoms with E-state index in [9.17, 15) is 9.59 Å². The number of aliphatic carboxylic acids is 1. The second-order valence-corrected chi connectivity index (χ2v) is 6.20. The van der Waals surface area contributed by atoms with Crippen LogP contribution in [-0.2, 0) is 18.0 Å². The van der Waals surface area contributed by atoms with Gasteiger partial charge < -0.3 is 14.6 Å². The van der Waals surface area contributed by atoms with Crippen LogP contribution in [0.1, 0.15) is 27.9 Å². The summed E-state index contributed by atoms with van der Waals surface area (Å²) in [7, 11) is 0. The molecule has 3 rings (SSSR count). The number of hydrogen-bond acceptors (Lipinski definition) is 4. The summed E-state index contributed by atoms with van der Waals surface area (Å²) < 4.78 is 11.5. The summed E-state index contributed by atoms with van der Waals surface area (Å²) in [6, 6.07) is 24.0. The molecule has 28 heavy (non-hydrogen) atoms.